The molecule has 0 radical (unpaired) electrons. The number of aliphatic carboxylic acids is 2. The monoisotopic (exact) mass is 1220 g/mol. The number of benzene rings is 3. The van der Waals surface area contributed by atoms with E-state index in [1.807, 2.05) is 0 Å². The van der Waals surface area contributed by atoms with E-state index in [1.54, 1.807) is 0 Å². The highest BCUT2D eigenvalue weighted by atomic mass is 31.2. The molecule has 0 aliphatic carbocycles. The van der Waals surface area contributed by atoms with E-state index in [2.05, 4.69) is 5.32 Å². The summed E-state index contributed by atoms with van der Waals surface area (Å²) in [6, 6.07) is 14.7. The van der Waals surface area contributed by atoms with Crippen molar-refractivity contribution in [1.29, 1.82) is 0 Å². The van der Waals surface area contributed by atoms with Crippen molar-refractivity contribution in [2.45, 2.75) is 157 Å². The molecule has 21 nitrogen and oxygen atoms in total. The van der Waals surface area contributed by atoms with Gasteiger partial charge in [-0.1, -0.05) is 105 Å². The first-order chi connectivity index (χ1) is 39.5. The smallest absolute Gasteiger partial charge is 0.369 e. The largest absolute Gasteiger partial charge is 0.481 e. The third kappa shape index (κ3) is 19.7. The summed E-state index contributed by atoms with van der Waals surface area (Å²) in [4.78, 5) is 130. The number of nitrogens with one attached hydrogen (secondary N) is 1. The van der Waals surface area contributed by atoms with Crippen LogP contribution in [0.4, 0.5) is 17.6 Å². The van der Waals surface area contributed by atoms with Gasteiger partial charge in [-0.25, -0.2) is 0 Å². The fraction of sp³-hybridized carbons (Fsp3) is 0.491. The second kappa shape index (κ2) is 31.0. The Balaban J connectivity index is 1.43. The van der Waals surface area contributed by atoms with Crippen molar-refractivity contribution in [3.05, 3.63) is 131 Å². The van der Waals surface area contributed by atoms with Gasteiger partial charge < -0.3 is 59.5 Å². The Morgan fingerprint density at radius 2 is 1.00 bits per heavy atom. The van der Waals surface area contributed by atoms with Gasteiger partial charge in [0.15, 0.2) is 12.2 Å². The minimum Gasteiger partial charge on any atom is -0.481 e. The number of alkyl halides is 4. The maximum absolute atomic E-state index is 16.5. The van der Waals surface area contributed by atoms with Crippen LogP contribution in [0.5, 0.6) is 0 Å². The normalized spacial score (nSPS) is 17.0. The molecule has 0 spiro atoms. The van der Waals surface area contributed by atoms with Gasteiger partial charge in [0.2, 0.25) is 11.8 Å². The van der Waals surface area contributed by atoms with Crippen molar-refractivity contribution in [2.24, 2.45) is 0 Å². The molecule has 27 heteroatoms. The number of esters is 2. The Morgan fingerprint density at radius 3 is 1.38 bits per heavy atom. The first-order valence-electron chi connectivity index (χ1n) is 27.4. The van der Waals surface area contributed by atoms with Crippen molar-refractivity contribution in [3.8, 4) is 0 Å². The van der Waals surface area contributed by atoms with E-state index in [1.165, 1.54) is 64.4 Å². The number of carboxylic acid groups (broad SMARTS) is 2. The van der Waals surface area contributed by atoms with Crippen molar-refractivity contribution in [2.75, 3.05) is 19.6 Å². The maximum atomic E-state index is 16.5. The molecule has 84 heavy (non-hydrogen) atoms. The summed E-state index contributed by atoms with van der Waals surface area (Å²) in [6.07, 6.45) is 1.32. The number of hydrogen-bond acceptors (Lipinski definition) is 12. The summed E-state index contributed by atoms with van der Waals surface area (Å²) in [6.45, 7) is -0.0970. The molecule has 4 atom stereocenters. The summed E-state index contributed by atoms with van der Waals surface area (Å²) in [5.41, 5.74) is -1.79. The van der Waals surface area contributed by atoms with Crippen LogP contribution in [0.1, 0.15) is 135 Å². The van der Waals surface area contributed by atoms with Gasteiger partial charge in [-0.2, -0.15) is 17.6 Å². The number of amides is 3. The minimum absolute atomic E-state index is 0.0154. The van der Waals surface area contributed by atoms with Gasteiger partial charge in [0.25, 0.3) is 11.0 Å². The zero-order valence-corrected chi connectivity index (χ0v) is 47.7. The van der Waals surface area contributed by atoms with Gasteiger partial charge in [0, 0.05) is 68.4 Å². The van der Waals surface area contributed by atoms with Gasteiger partial charge in [-0.05, 0) is 80.4 Å². The first kappa shape index (κ1) is 68.2. The number of likely N-dealkylation sites (tertiary alicyclic amines) is 2. The van der Waals surface area contributed by atoms with Crippen LogP contribution >= 0.6 is 15.2 Å². The molecule has 2 heterocycles. The summed E-state index contributed by atoms with van der Waals surface area (Å²) >= 11 is 0. The van der Waals surface area contributed by atoms with Gasteiger partial charge in [-0.3, -0.25) is 42.7 Å². The summed E-state index contributed by atoms with van der Waals surface area (Å²) in [5.74, 6) is -13.8. The number of unbranched alkanes of at least 4 members (excludes halogenated alkanes) is 6. The van der Waals surface area contributed by atoms with Gasteiger partial charge in [0.1, 0.15) is 0 Å². The van der Waals surface area contributed by atoms with Crippen LogP contribution in [0.2, 0.25) is 0 Å². The lowest BCUT2D eigenvalue weighted by Crippen LogP contribution is -2.36. The van der Waals surface area contributed by atoms with Crippen LogP contribution in [0.25, 0.3) is 0 Å². The average molecular weight is 1220 g/mol. The Hall–Kier alpha value is -6.59. The van der Waals surface area contributed by atoms with Crippen LogP contribution in [0.3, 0.4) is 0 Å². The number of nitrogens with zero attached hydrogens (tertiary/aromatic N) is 2. The van der Waals surface area contributed by atoms with E-state index in [-0.39, 0.29) is 80.1 Å². The van der Waals surface area contributed by atoms with Crippen molar-refractivity contribution >= 4 is 56.8 Å². The molecule has 0 aromatic heterocycles. The van der Waals surface area contributed by atoms with Crippen molar-refractivity contribution in [3.63, 3.8) is 0 Å². The first-order valence-corrected chi connectivity index (χ1v) is 30.7. The second-order valence-electron chi connectivity index (χ2n) is 20.7. The third-order valence-electron chi connectivity index (χ3n) is 14.3. The van der Waals surface area contributed by atoms with Gasteiger partial charge >= 0.3 is 50.9 Å². The number of carbonyl (C=O) groups excluding carboxylic acids is 5. The SMILES string of the molecule is O=C(O)CCCCCCN1C(=O)CCC1/C=C/[C@H](OC(=O)Cc1cc(CC(=O)O[C@H](/C=C/[C@H]2CCC(=O)N2CCCCCCC(=O)O)C(F)(F)c2ccccc2)cc(C(=O)NCCCC(O)(P(=O)(O)O)P(=O)(O)O)c1)C(F)(F)c1ccccc1. The number of rotatable bonds is 35. The summed E-state index contributed by atoms with van der Waals surface area (Å²) in [7, 11) is -11.7. The standard InChI is InChI=1S/C57H71F4N3O18P2/c58-56(59,42-16-7-5-8-17-42)46(26-22-44-24-28-48(65)63(44)32-13-3-1-11-20-50(67)68)81-52(71)37-39-34-40(36-41(35-39)54(73)62-31-15-30-55(74,83(75,76)77)84(78,79)80)38-53(72)82-47(57(60,61)43-18-9-6-10-19-43)27-23-45-25-29-49(66)64(45)33-14-4-2-12-21-51(69)70/h5-10,16-19,22-23,26-27,34-36,44-47,74H,1-4,11-15,20-21,24-25,28-33,37-38H2,(H,62,73)(H,67,68)(H,69,70)(H2,75,76,77)(H2,78,79,80)/b26-22+,27-23+/t44-,45?,46+,47-/m0/s1. The van der Waals surface area contributed by atoms with Crippen LogP contribution < -0.4 is 5.32 Å². The molecule has 8 N–H and O–H groups in total. The lowest BCUT2D eigenvalue weighted by Gasteiger charge is -2.29. The number of ether oxygens (including phenoxy) is 2. The maximum Gasteiger partial charge on any atom is 0.369 e. The lowest BCUT2D eigenvalue weighted by atomic mass is 9.99. The minimum atomic E-state index is -5.87. The highest BCUT2D eigenvalue weighted by Crippen LogP contribution is 2.69. The van der Waals surface area contributed by atoms with Crippen molar-refractivity contribution in [1.82, 2.24) is 15.1 Å². The fourth-order valence-electron chi connectivity index (χ4n) is 9.78. The second-order valence-corrected chi connectivity index (χ2v) is 24.7. The summed E-state index contributed by atoms with van der Waals surface area (Å²) in [5, 5.41) is 26.7. The molecular weight excluding hydrogens is 1150 g/mol. The number of carboxylic acids is 2. The summed E-state index contributed by atoms with van der Waals surface area (Å²) < 4.78 is 101. The predicted octanol–water partition coefficient (Wildman–Crippen LogP) is 7.86. The topological polar surface area (TPSA) is 332 Å². The third-order valence-corrected chi connectivity index (χ3v) is 18.2. The van der Waals surface area contributed by atoms with Crippen LogP contribution in [-0.2, 0) is 72.1 Å². The molecule has 3 amide bonds. The van der Waals surface area contributed by atoms with E-state index in [4.69, 9.17) is 19.7 Å². The zero-order chi connectivity index (χ0) is 61.9. The molecule has 3 aromatic carbocycles. The van der Waals surface area contributed by atoms with E-state index < -0.39 is 130 Å². The van der Waals surface area contributed by atoms with E-state index in [0.29, 0.717) is 51.4 Å². The fourth-order valence-corrected chi connectivity index (χ4v) is 12.0. The van der Waals surface area contributed by atoms with Crippen molar-refractivity contribution < 1.29 is 105 Å². The molecule has 0 bridgehead atoms. The number of hydrogen-bond donors (Lipinski definition) is 8. The molecule has 5 rings (SSSR count). The molecule has 2 fully saturated rings. The lowest BCUT2D eigenvalue weighted by molar-refractivity contribution is -0.167. The van der Waals surface area contributed by atoms with Gasteiger partial charge in [0.05, 0.1) is 24.9 Å². The number of carbonyl (C=O) groups is 7. The van der Waals surface area contributed by atoms with Crippen LogP contribution in [0, 0.1) is 0 Å². The highest BCUT2D eigenvalue weighted by Gasteiger charge is 2.58. The Kier molecular flexibility index (Phi) is 25.2. The van der Waals surface area contributed by atoms with E-state index in [0.717, 1.165) is 48.6 Å². The predicted molar refractivity (Wildman–Crippen MR) is 294 cm³/mol. The Labute approximate surface area is 482 Å². The number of aliphatic hydroxyl groups is 1. The molecule has 2 aliphatic rings. The Morgan fingerprint density at radius 1 is 0.607 bits per heavy atom. The molecule has 2 aliphatic heterocycles. The molecular formula is C57H71F4N3O18P2. The molecule has 2 saturated heterocycles. The average Bonchev–Trinajstić information content (AvgIpc) is 3.83. The Bertz CT molecular complexity index is 2750. The quantitative estimate of drug-likeness (QED) is 0.00913. The van der Waals surface area contributed by atoms with E-state index >= 15 is 17.6 Å². The molecule has 460 valence electrons. The van der Waals surface area contributed by atoms with Crippen LogP contribution in [0.15, 0.2) is 103 Å². The van der Waals surface area contributed by atoms with Gasteiger partial charge in [-0.15, -0.1) is 0 Å². The number of halogens is 4. The zero-order valence-electron chi connectivity index (χ0n) is 45.9. The highest BCUT2D eigenvalue weighted by molar-refractivity contribution is 7.72. The molecule has 1 unspecified atom stereocenters. The molecule has 3 aromatic rings. The van der Waals surface area contributed by atoms with Crippen LogP contribution in [-0.4, -0.2) is 135 Å². The van der Waals surface area contributed by atoms with E-state index in [9.17, 15) is 67.4 Å². The molecule has 0 saturated carbocycles.